The quantitative estimate of drug-likeness (QED) is 0.650. The van der Waals surface area contributed by atoms with Crippen molar-refractivity contribution in [2.45, 2.75) is 38.8 Å². The molecule has 0 heterocycles. The number of para-hydroxylation sites is 1. The van der Waals surface area contributed by atoms with Gasteiger partial charge in [0.2, 0.25) is 0 Å². The van der Waals surface area contributed by atoms with E-state index in [0.717, 1.165) is 36.3 Å². The van der Waals surface area contributed by atoms with Crippen LogP contribution in [0.15, 0.2) is 42.5 Å². The Kier molecular flexibility index (Phi) is 6.64. The van der Waals surface area contributed by atoms with Crippen LogP contribution in [0.25, 0.3) is 0 Å². The lowest BCUT2D eigenvalue weighted by Crippen LogP contribution is -2.33. The van der Waals surface area contributed by atoms with E-state index >= 15 is 0 Å². The van der Waals surface area contributed by atoms with E-state index in [1.807, 2.05) is 38.1 Å². The van der Waals surface area contributed by atoms with Crippen LogP contribution in [-0.4, -0.2) is 29.9 Å². The summed E-state index contributed by atoms with van der Waals surface area (Å²) in [6, 6.07) is 13.2. The molecule has 130 valence electrons. The number of hydrogen-bond donors (Lipinski definition) is 3. The molecule has 0 bridgehead atoms. The first-order valence-electron chi connectivity index (χ1n) is 8.35. The maximum absolute atomic E-state index is 10.4. The van der Waals surface area contributed by atoms with E-state index in [1.54, 1.807) is 19.2 Å². The van der Waals surface area contributed by atoms with Gasteiger partial charge in [-0.15, -0.1) is 0 Å². The molecule has 0 spiro atoms. The molecule has 0 fully saturated rings. The van der Waals surface area contributed by atoms with E-state index in [0.29, 0.717) is 0 Å². The molecule has 2 aromatic carbocycles. The summed E-state index contributed by atoms with van der Waals surface area (Å²) in [4.78, 5) is 0. The second kappa shape index (κ2) is 8.71. The maximum Gasteiger partial charge on any atom is 0.122 e. The largest absolute Gasteiger partial charge is 0.508 e. The first-order chi connectivity index (χ1) is 11.5. The molecule has 0 aromatic heterocycles. The Morgan fingerprint density at radius 3 is 2.62 bits per heavy atom. The van der Waals surface area contributed by atoms with Gasteiger partial charge in [0, 0.05) is 6.04 Å². The van der Waals surface area contributed by atoms with Crippen molar-refractivity contribution in [1.82, 2.24) is 5.32 Å². The normalized spacial score (nSPS) is 13.5. The lowest BCUT2D eigenvalue weighted by molar-refractivity contribution is 0.136. The second-order valence-corrected chi connectivity index (χ2v) is 6.15. The van der Waals surface area contributed by atoms with Crippen molar-refractivity contribution in [3.8, 4) is 11.5 Å². The van der Waals surface area contributed by atoms with Gasteiger partial charge in [-0.3, -0.25) is 0 Å². The average Bonchev–Trinajstić information content (AvgIpc) is 2.60. The number of hydrogen-bond acceptors (Lipinski definition) is 4. The van der Waals surface area contributed by atoms with Gasteiger partial charge < -0.3 is 20.3 Å². The van der Waals surface area contributed by atoms with E-state index in [2.05, 4.69) is 11.4 Å². The molecule has 0 aliphatic rings. The van der Waals surface area contributed by atoms with Gasteiger partial charge in [-0.1, -0.05) is 24.3 Å². The number of rotatable bonds is 8. The van der Waals surface area contributed by atoms with E-state index in [1.165, 1.54) is 5.56 Å². The Bertz CT molecular complexity index is 657. The highest BCUT2D eigenvalue weighted by molar-refractivity contribution is 5.36. The third kappa shape index (κ3) is 4.73. The number of ether oxygens (including phenoxy) is 1. The Morgan fingerprint density at radius 1 is 1.17 bits per heavy atom. The van der Waals surface area contributed by atoms with Crippen LogP contribution in [0, 0.1) is 6.92 Å². The number of aliphatic hydroxyl groups excluding tert-OH is 1. The van der Waals surface area contributed by atoms with Gasteiger partial charge in [-0.2, -0.15) is 0 Å². The molecule has 0 aliphatic carbocycles. The van der Waals surface area contributed by atoms with Gasteiger partial charge in [0.1, 0.15) is 11.5 Å². The van der Waals surface area contributed by atoms with Crippen LogP contribution in [0.4, 0.5) is 0 Å². The van der Waals surface area contributed by atoms with Gasteiger partial charge >= 0.3 is 0 Å². The van der Waals surface area contributed by atoms with Gasteiger partial charge in [-0.25, -0.2) is 0 Å². The van der Waals surface area contributed by atoms with Crippen LogP contribution in [0.2, 0.25) is 0 Å². The van der Waals surface area contributed by atoms with Gasteiger partial charge in [-0.05, 0) is 68.1 Å². The van der Waals surface area contributed by atoms with Gasteiger partial charge in [0.15, 0.2) is 0 Å². The van der Waals surface area contributed by atoms with E-state index in [4.69, 9.17) is 4.74 Å². The zero-order chi connectivity index (χ0) is 17.5. The molecule has 4 heteroatoms. The molecule has 2 atom stereocenters. The van der Waals surface area contributed by atoms with Crippen molar-refractivity contribution in [3.05, 3.63) is 59.2 Å². The highest BCUT2D eigenvalue weighted by Gasteiger charge is 2.16. The summed E-state index contributed by atoms with van der Waals surface area (Å²) in [5, 5.41) is 23.4. The predicted molar refractivity (Wildman–Crippen MR) is 96.6 cm³/mol. The summed E-state index contributed by atoms with van der Waals surface area (Å²) >= 11 is 0. The molecular formula is C20H27NO3. The minimum absolute atomic E-state index is 0.0633. The summed E-state index contributed by atoms with van der Waals surface area (Å²) in [6.07, 6.45) is 1.29. The molecule has 0 aliphatic heterocycles. The number of aryl methyl sites for hydroxylation is 2. The Labute approximate surface area is 144 Å². The van der Waals surface area contributed by atoms with Gasteiger partial charge in [0.05, 0.1) is 13.2 Å². The Hall–Kier alpha value is -2.04. The molecule has 0 saturated carbocycles. The van der Waals surface area contributed by atoms with Crippen LogP contribution in [0.5, 0.6) is 11.5 Å². The third-order valence-electron chi connectivity index (χ3n) is 4.32. The molecule has 0 amide bonds. The fraction of sp³-hybridized carbons (Fsp3) is 0.400. The SMILES string of the molecule is COc1ccccc1CCCNC(C)C(O)c1ccc(O)c(C)c1. The van der Waals surface area contributed by atoms with Crippen LogP contribution in [0.3, 0.4) is 0 Å². The van der Waals surface area contributed by atoms with Crippen LogP contribution in [0.1, 0.15) is 36.1 Å². The molecule has 2 aromatic rings. The van der Waals surface area contributed by atoms with E-state index < -0.39 is 6.10 Å². The van der Waals surface area contributed by atoms with Crippen molar-refractivity contribution >= 4 is 0 Å². The average molecular weight is 329 g/mol. The lowest BCUT2D eigenvalue weighted by atomic mass is 10.0. The topological polar surface area (TPSA) is 61.7 Å². The maximum atomic E-state index is 10.4. The molecule has 0 radical (unpaired) electrons. The molecule has 2 rings (SSSR count). The molecule has 24 heavy (non-hydrogen) atoms. The molecule has 0 saturated heterocycles. The smallest absolute Gasteiger partial charge is 0.122 e. The van der Waals surface area contributed by atoms with Crippen molar-refractivity contribution in [1.29, 1.82) is 0 Å². The molecule has 2 unspecified atom stereocenters. The summed E-state index contributed by atoms with van der Waals surface area (Å²) in [6.45, 7) is 4.61. The first kappa shape index (κ1) is 18.3. The number of phenols is 1. The number of aliphatic hydroxyl groups is 1. The zero-order valence-corrected chi connectivity index (χ0v) is 14.6. The lowest BCUT2D eigenvalue weighted by Gasteiger charge is -2.21. The number of aromatic hydroxyl groups is 1. The second-order valence-electron chi connectivity index (χ2n) is 6.15. The number of nitrogens with one attached hydrogen (secondary N) is 1. The summed E-state index contributed by atoms with van der Waals surface area (Å²) in [5.74, 6) is 1.17. The highest BCUT2D eigenvalue weighted by atomic mass is 16.5. The fourth-order valence-electron chi connectivity index (χ4n) is 2.78. The zero-order valence-electron chi connectivity index (χ0n) is 14.6. The molecule has 3 N–H and O–H groups in total. The van der Waals surface area contributed by atoms with Crippen LogP contribution in [-0.2, 0) is 6.42 Å². The van der Waals surface area contributed by atoms with Crippen molar-refractivity contribution in [2.75, 3.05) is 13.7 Å². The summed E-state index contributed by atoms with van der Waals surface area (Å²) < 4.78 is 5.36. The van der Waals surface area contributed by atoms with Crippen LogP contribution >= 0.6 is 0 Å². The van der Waals surface area contributed by atoms with Crippen molar-refractivity contribution in [2.24, 2.45) is 0 Å². The Morgan fingerprint density at radius 2 is 1.92 bits per heavy atom. The third-order valence-corrected chi connectivity index (χ3v) is 4.32. The number of benzene rings is 2. The highest BCUT2D eigenvalue weighted by Crippen LogP contribution is 2.23. The Balaban J connectivity index is 1.82. The van der Waals surface area contributed by atoms with Crippen molar-refractivity contribution in [3.63, 3.8) is 0 Å². The standard InChI is InChI=1S/C20H27NO3/c1-14-13-17(10-11-18(14)22)20(23)15(2)21-12-6-8-16-7-4-5-9-19(16)24-3/h4-5,7,9-11,13,15,20-23H,6,8,12H2,1-3H3. The number of phenolic OH excluding ortho intramolecular Hbond substituents is 1. The first-order valence-corrected chi connectivity index (χ1v) is 8.35. The summed E-state index contributed by atoms with van der Waals surface area (Å²) in [7, 11) is 1.69. The van der Waals surface area contributed by atoms with E-state index in [9.17, 15) is 10.2 Å². The predicted octanol–water partition coefficient (Wildman–Crippen LogP) is 3.35. The molecule has 4 nitrogen and oxygen atoms in total. The van der Waals surface area contributed by atoms with Crippen LogP contribution < -0.4 is 10.1 Å². The van der Waals surface area contributed by atoms with E-state index in [-0.39, 0.29) is 11.8 Å². The number of methoxy groups -OCH3 is 1. The van der Waals surface area contributed by atoms with Gasteiger partial charge in [0.25, 0.3) is 0 Å². The minimum atomic E-state index is -0.601. The fourth-order valence-corrected chi connectivity index (χ4v) is 2.78. The minimum Gasteiger partial charge on any atom is -0.508 e. The monoisotopic (exact) mass is 329 g/mol. The van der Waals surface area contributed by atoms with Crippen molar-refractivity contribution < 1.29 is 14.9 Å². The summed E-state index contributed by atoms with van der Waals surface area (Å²) in [5.41, 5.74) is 2.79. The molecular weight excluding hydrogens is 302 g/mol.